The van der Waals surface area contributed by atoms with Crippen LogP contribution in [0.4, 0.5) is 0 Å². The molecule has 2 bridgehead atoms. The van der Waals surface area contributed by atoms with E-state index in [1.807, 2.05) is 0 Å². The third-order valence-corrected chi connectivity index (χ3v) is 4.26. The van der Waals surface area contributed by atoms with Crippen molar-refractivity contribution in [3.63, 3.8) is 0 Å². The zero-order valence-corrected chi connectivity index (χ0v) is 9.78. The first-order chi connectivity index (χ1) is 7.88. The van der Waals surface area contributed by atoms with Gasteiger partial charge in [-0.15, -0.1) is 0 Å². The van der Waals surface area contributed by atoms with Crippen LogP contribution < -0.4 is 5.48 Å². The van der Waals surface area contributed by atoms with Crippen LogP contribution >= 0.6 is 0 Å². The maximum Gasteiger partial charge on any atom is 0.0572 e. The Morgan fingerprint density at radius 3 is 2.12 bits per heavy atom. The molecule has 16 heavy (non-hydrogen) atoms. The number of hydrogen-bond acceptors (Lipinski definition) is 2. The fraction of sp³-hybridized carbons (Fsp3) is 0.571. The molecule has 1 N–H and O–H groups in total. The molecule has 0 aromatic heterocycles. The summed E-state index contributed by atoms with van der Waals surface area (Å²) in [5, 5.41) is 0. The summed E-state index contributed by atoms with van der Waals surface area (Å²) in [6.45, 7) is 0. The molecule has 1 fully saturated rings. The van der Waals surface area contributed by atoms with E-state index in [-0.39, 0.29) is 0 Å². The first-order valence-corrected chi connectivity index (χ1v) is 6.24. The van der Waals surface area contributed by atoms with Gasteiger partial charge in [0.2, 0.25) is 0 Å². The second-order valence-corrected chi connectivity index (χ2v) is 5.12. The maximum absolute atomic E-state index is 5.17. The Labute approximate surface area is 97.0 Å². The van der Waals surface area contributed by atoms with Gasteiger partial charge in [0.1, 0.15) is 0 Å². The fourth-order valence-corrected chi connectivity index (χ4v) is 3.48. The summed E-state index contributed by atoms with van der Waals surface area (Å²) < 4.78 is 0. The monoisotopic (exact) mass is 217 g/mol. The highest BCUT2D eigenvalue weighted by Gasteiger charge is 2.38. The fourth-order valence-electron chi connectivity index (χ4n) is 3.48. The van der Waals surface area contributed by atoms with Gasteiger partial charge in [-0.25, -0.2) is 0 Å². The first kappa shape index (κ1) is 10.3. The molecule has 3 rings (SSSR count). The van der Waals surface area contributed by atoms with Crippen LogP contribution in [-0.4, -0.2) is 13.2 Å². The molecule has 0 amide bonds. The normalized spacial score (nSPS) is 32.2. The molecule has 86 valence electrons. The third-order valence-electron chi connectivity index (χ3n) is 4.26. The highest BCUT2D eigenvalue weighted by molar-refractivity contribution is 5.30. The van der Waals surface area contributed by atoms with Crippen LogP contribution in [0.25, 0.3) is 0 Å². The van der Waals surface area contributed by atoms with Gasteiger partial charge in [0.05, 0.1) is 7.11 Å². The molecule has 2 aliphatic carbocycles. The highest BCUT2D eigenvalue weighted by Crippen LogP contribution is 2.39. The highest BCUT2D eigenvalue weighted by atomic mass is 16.6. The van der Waals surface area contributed by atoms with Crippen LogP contribution in [0.2, 0.25) is 0 Å². The predicted molar refractivity (Wildman–Crippen MR) is 64.0 cm³/mol. The zero-order chi connectivity index (χ0) is 11.0. The Kier molecular flexibility index (Phi) is 2.70. The average Bonchev–Trinajstić information content (AvgIpc) is 2.57. The molecular formula is C14H19NO. The second kappa shape index (κ2) is 4.19. The van der Waals surface area contributed by atoms with Crippen LogP contribution in [0.5, 0.6) is 0 Å². The van der Waals surface area contributed by atoms with Crippen molar-refractivity contribution in [3.05, 3.63) is 35.4 Å². The minimum atomic E-state index is 0.553. The van der Waals surface area contributed by atoms with Crippen molar-refractivity contribution < 1.29 is 4.84 Å². The van der Waals surface area contributed by atoms with Crippen molar-refractivity contribution in [1.29, 1.82) is 0 Å². The largest absolute Gasteiger partial charge is 0.305 e. The number of fused-ring (bicyclic) bond motifs is 3. The Morgan fingerprint density at radius 2 is 1.62 bits per heavy atom. The molecule has 0 saturated heterocycles. The Bertz CT molecular complexity index is 344. The van der Waals surface area contributed by atoms with E-state index < -0.39 is 0 Å². The van der Waals surface area contributed by atoms with Crippen molar-refractivity contribution in [2.45, 2.75) is 31.7 Å². The van der Waals surface area contributed by atoms with Gasteiger partial charge < -0.3 is 4.84 Å². The summed E-state index contributed by atoms with van der Waals surface area (Å²) in [4.78, 5) is 5.17. The van der Waals surface area contributed by atoms with Gasteiger partial charge in [0, 0.05) is 6.04 Å². The van der Waals surface area contributed by atoms with E-state index in [1.54, 1.807) is 18.2 Å². The molecule has 2 aliphatic rings. The lowest BCUT2D eigenvalue weighted by atomic mass is 9.94. The van der Waals surface area contributed by atoms with E-state index in [0.717, 1.165) is 11.8 Å². The van der Waals surface area contributed by atoms with E-state index in [0.29, 0.717) is 6.04 Å². The summed E-state index contributed by atoms with van der Waals surface area (Å²) in [6, 6.07) is 9.46. The molecule has 1 saturated carbocycles. The van der Waals surface area contributed by atoms with Gasteiger partial charge in [-0.2, -0.15) is 5.48 Å². The number of hydrogen-bond donors (Lipinski definition) is 1. The lowest BCUT2D eigenvalue weighted by Crippen LogP contribution is -2.37. The van der Waals surface area contributed by atoms with E-state index >= 15 is 0 Å². The first-order valence-electron chi connectivity index (χ1n) is 6.24. The van der Waals surface area contributed by atoms with Crippen molar-refractivity contribution in [1.82, 2.24) is 5.48 Å². The molecule has 2 unspecified atom stereocenters. The minimum absolute atomic E-state index is 0.553. The van der Waals surface area contributed by atoms with Crippen molar-refractivity contribution in [3.8, 4) is 0 Å². The topological polar surface area (TPSA) is 21.3 Å². The van der Waals surface area contributed by atoms with Crippen LogP contribution in [0.3, 0.4) is 0 Å². The summed E-state index contributed by atoms with van der Waals surface area (Å²) in [5.74, 6) is 1.52. The molecule has 2 atom stereocenters. The molecule has 0 heterocycles. The van der Waals surface area contributed by atoms with Gasteiger partial charge >= 0.3 is 0 Å². The zero-order valence-electron chi connectivity index (χ0n) is 9.78. The van der Waals surface area contributed by atoms with E-state index in [2.05, 4.69) is 29.7 Å². The Hall–Kier alpha value is -0.860. The van der Waals surface area contributed by atoms with Crippen molar-refractivity contribution in [2.24, 2.45) is 11.8 Å². The summed E-state index contributed by atoms with van der Waals surface area (Å²) in [6.07, 6.45) is 5.13. The van der Waals surface area contributed by atoms with E-state index in [4.69, 9.17) is 4.84 Å². The number of nitrogens with one attached hydrogen (secondary N) is 1. The summed E-state index contributed by atoms with van der Waals surface area (Å²) in [7, 11) is 1.73. The van der Waals surface area contributed by atoms with E-state index in [1.165, 1.54) is 25.7 Å². The maximum atomic E-state index is 5.17. The molecule has 1 aromatic rings. The van der Waals surface area contributed by atoms with Crippen LogP contribution in [-0.2, 0) is 17.7 Å². The molecular weight excluding hydrogens is 198 g/mol. The van der Waals surface area contributed by atoms with Crippen molar-refractivity contribution in [2.75, 3.05) is 7.11 Å². The Balaban J connectivity index is 1.90. The van der Waals surface area contributed by atoms with Gasteiger partial charge in [0.25, 0.3) is 0 Å². The molecule has 1 aromatic carbocycles. The molecule has 0 spiro atoms. The number of benzene rings is 1. The lowest BCUT2D eigenvalue weighted by molar-refractivity contribution is 0.0358. The van der Waals surface area contributed by atoms with Crippen LogP contribution in [0.15, 0.2) is 24.3 Å². The van der Waals surface area contributed by atoms with Gasteiger partial charge in [0.15, 0.2) is 0 Å². The predicted octanol–water partition coefficient (Wildman–Crippen LogP) is 2.33. The third kappa shape index (κ3) is 1.66. The van der Waals surface area contributed by atoms with E-state index in [9.17, 15) is 0 Å². The van der Waals surface area contributed by atoms with Gasteiger partial charge in [-0.3, -0.25) is 0 Å². The number of rotatable bonds is 2. The van der Waals surface area contributed by atoms with Gasteiger partial charge in [-0.05, 0) is 48.6 Å². The summed E-state index contributed by atoms with van der Waals surface area (Å²) in [5.41, 5.74) is 6.33. The standard InChI is InChI=1S/C14H19NO/c1-16-15-14-12-6-7-13(14)9-11-5-3-2-4-10(11)8-12/h2-5,12-15H,6-9H2,1H3. The van der Waals surface area contributed by atoms with Crippen LogP contribution in [0.1, 0.15) is 24.0 Å². The SMILES string of the molecule is CONC1C2CCC1Cc1ccccc1C2. The minimum Gasteiger partial charge on any atom is -0.305 e. The molecule has 2 heteroatoms. The smallest absolute Gasteiger partial charge is 0.0572 e. The Morgan fingerprint density at radius 1 is 1.06 bits per heavy atom. The number of hydroxylamine groups is 1. The van der Waals surface area contributed by atoms with Crippen molar-refractivity contribution >= 4 is 0 Å². The average molecular weight is 217 g/mol. The quantitative estimate of drug-likeness (QED) is 0.768. The second-order valence-electron chi connectivity index (χ2n) is 5.12. The molecule has 2 nitrogen and oxygen atoms in total. The summed E-state index contributed by atoms with van der Waals surface area (Å²) >= 11 is 0. The lowest BCUT2D eigenvalue weighted by Gasteiger charge is -2.21. The molecule has 0 aliphatic heterocycles. The molecule has 0 radical (unpaired) electrons. The van der Waals surface area contributed by atoms with Gasteiger partial charge in [-0.1, -0.05) is 24.3 Å². The van der Waals surface area contributed by atoms with Crippen LogP contribution in [0, 0.1) is 11.8 Å².